The molecule has 0 saturated carbocycles. The van der Waals surface area contributed by atoms with Crippen molar-refractivity contribution in [3.05, 3.63) is 69.9 Å². The molecule has 0 N–H and O–H groups in total. The van der Waals surface area contributed by atoms with Gasteiger partial charge in [-0.2, -0.15) is 5.10 Å². The predicted octanol–water partition coefficient (Wildman–Crippen LogP) is 3.67. The summed E-state index contributed by atoms with van der Waals surface area (Å²) in [4.78, 5) is 11.8. The number of nitrogens with zero attached hydrogens (tertiary/aromatic N) is 3. The third kappa shape index (κ3) is 4.54. The Labute approximate surface area is 176 Å². The number of anilines is 2. The monoisotopic (exact) mass is 483 g/mol. The Morgan fingerprint density at radius 2 is 1.96 bits per heavy atom. The molecular formula is C18H15BrClN3O4S. The zero-order valence-corrected chi connectivity index (χ0v) is 17.8. The Morgan fingerprint density at radius 3 is 2.61 bits per heavy atom. The van der Waals surface area contributed by atoms with Crippen LogP contribution in [0.3, 0.4) is 0 Å². The van der Waals surface area contributed by atoms with Gasteiger partial charge < -0.3 is 4.74 Å². The zero-order chi connectivity index (χ0) is 20.3. The van der Waals surface area contributed by atoms with Crippen molar-refractivity contribution in [1.82, 2.24) is 9.78 Å². The maximum Gasteiger partial charge on any atom is 0.310 e. The summed E-state index contributed by atoms with van der Waals surface area (Å²) in [6.45, 7) is 0. The molecule has 3 rings (SSSR count). The summed E-state index contributed by atoms with van der Waals surface area (Å²) < 4.78 is 32.2. The number of ether oxygens (including phenoxy) is 1. The van der Waals surface area contributed by atoms with Crippen LogP contribution in [-0.4, -0.2) is 31.3 Å². The van der Waals surface area contributed by atoms with E-state index in [0.717, 1.165) is 9.99 Å². The van der Waals surface area contributed by atoms with Crippen LogP contribution < -0.4 is 4.31 Å². The molecule has 2 aromatic carbocycles. The highest BCUT2D eigenvalue weighted by Crippen LogP contribution is 2.32. The van der Waals surface area contributed by atoms with Crippen molar-refractivity contribution >= 4 is 55.8 Å². The normalized spacial score (nSPS) is 10.9. The van der Waals surface area contributed by atoms with Gasteiger partial charge in [0, 0.05) is 9.50 Å². The minimum Gasteiger partial charge on any atom is -0.469 e. The van der Waals surface area contributed by atoms with Crippen LogP contribution >= 0.6 is 27.5 Å². The van der Waals surface area contributed by atoms with Crippen LogP contribution in [0.2, 0.25) is 5.02 Å². The molecule has 28 heavy (non-hydrogen) atoms. The lowest BCUT2D eigenvalue weighted by atomic mass is 10.1. The number of methoxy groups -OCH3 is 1. The lowest BCUT2D eigenvalue weighted by Crippen LogP contribution is -2.17. The van der Waals surface area contributed by atoms with Gasteiger partial charge in [-0.1, -0.05) is 27.5 Å². The summed E-state index contributed by atoms with van der Waals surface area (Å²) in [5.74, 6) is -0.475. The van der Waals surface area contributed by atoms with Gasteiger partial charge in [-0.3, -0.25) is 4.79 Å². The quantitative estimate of drug-likeness (QED) is 0.426. The number of aromatic nitrogens is 2. The molecule has 0 amide bonds. The van der Waals surface area contributed by atoms with E-state index in [1.54, 1.807) is 48.7 Å². The molecule has 0 unspecified atom stereocenters. The first-order chi connectivity index (χ1) is 13.4. The molecule has 10 heteroatoms. The molecule has 0 atom stereocenters. The van der Waals surface area contributed by atoms with Gasteiger partial charge >= 0.3 is 5.97 Å². The maximum atomic E-state index is 12.1. The molecule has 7 nitrogen and oxygen atoms in total. The number of hydrogen-bond donors (Lipinski definition) is 1. The topological polar surface area (TPSA) is 81.5 Å². The number of hydrogen-bond acceptors (Lipinski definition) is 5. The van der Waals surface area contributed by atoms with Gasteiger partial charge in [0.2, 0.25) is 10.9 Å². The van der Waals surface area contributed by atoms with Crippen LogP contribution in [-0.2, 0) is 26.8 Å². The second kappa shape index (κ2) is 8.76. The number of thiol groups is 1. The molecule has 0 bridgehead atoms. The molecule has 0 radical (unpaired) electrons. The van der Waals surface area contributed by atoms with Gasteiger partial charge in [0.15, 0.2) is 0 Å². The number of rotatable bonds is 6. The molecular weight excluding hydrogens is 470 g/mol. The van der Waals surface area contributed by atoms with Gasteiger partial charge in [0.05, 0.1) is 43.0 Å². The largest absolute Gasteiger partial charge is 0.469 e. The van der Waals surface area contributed by atoms with E-state index in [0.29, 0.717) is 26.4 Å². The Hall–Kier alpha value is -2.36. The Kier molecular flexibility index (Phi) is 6.38. The first kappa shape index (κ1) is 20.4. The van der Waals surface area contributed by atoms with Crippen LogP contribution in [0, 0.1) is 0 Å². The number of benzene rings is 2. The second-order valence-corrected chi connectivity index (χ2v) is 7.92. The van der Waals surface area contributed by atoms with E-state index in [1.165, 1.54) is 18.0 Å². The minimum absolute atomic E-state index is 0.0731. The molecule has 1 aromatic heterocycles. The second-order valence-electron chi connectivity index (χ2n) is 5.70. The molecule has 0 aliphatic heterocycles. The van der Waals surface area contributed by atoms with Gasteiger partial charge in [-0.05, 0) is 48.0 Å². The third-order valence-corrected chi connectivity index (χ3v) is 5.42. The number of esters is 1. The maximum absolute atomic E-state index is 12.1. The minimum atomic E-state index is -3.04. The fourth-order valence-corrected chi connectivity index (χ4v) is 3.81. The summed E-state index contributed by atoms with van der Waals surface area (Å²) in [5, 5.41) is 4.82. The van der Waals surface area contributed by atoms with Crippen LogP contribution in [0.4, 0.5) is 11.4 Å². The Balaban J connectivity index is 2.04. The SMILES string of the molecule is COC(=O)Cc1cc(Br)ccc1N(c1cnn(-c2ccc(Cl)cc2)c1)[SH](=O)=O. The zero-order valence-electron chi connectivity index (χ0n) is 14.6. The highest BCUT2D eigenvalue weighted by molar-refractivity contribution is 9.10. The van der Waals surface area contributed by atoms with Crippen molar-refractivity contribution in [3.63, 3.8) is 0 Å². The molecule has 146 valence electrons. The molecule has 0 aliphatic rings. The van der Waals surface area contributed by atoms with Crippen molar-refractivity contribution in [2.45, 2.75) is 6.42 Å². The van der Waals surface area contributed by atoms with Gasteiger partial charge in [-0.25, -0.2) is 17.4 Å². The lowest BCUT2D eigenvalue weighted by molar-refractivity contribution is -0.139. The van der Waals surface area contributed by atoms with Gasteiger partial charge in [-0.15, -0.1) is 0 Å². The van der Waals surface area contributed by atoms with E-state index < -0.39 is 16.9 Å². The van der Waals surface area contributed by atoms with Gasteiger partial charge in [0.25, 0.3) is 0 Å². The third-order valence-electron chi connectivity index (χ3n) is 3.90. The van der Waals surface area contributed by atoms with Gasteiger partial charge in [0.1, 0.15) is 0 Å². The molecule has 1 heterocycles. The Morgan fingerprint density at radius 1 is 1.25 bits per heavy atom. The summed E-state index contributed by atoms with van der Waals surface area (Å²) in [7, 11) is -1.76. The predicted molar refractivity (Wildman–Crippen MR) is 111 cm³/mol. The summed E-state index contributed by atoms with van der Waals surface area (Å²) in [6, 6.07) is 12.0. The van der Waals surface area contributed by atoms with Crippen LogP contribution in [0.5, 0.6) is 0 Å². The van der Waals surface area contributed by atoms with E-state index in [1.807, 2.05) is 0 Å². The first-order valence-corrected chi connectivity index (χ1v) is 10.3. The number of carbonyl (C=O) groups is 1. The fraction of sp³-hybridized carbons (Fsp3) is 0.111. The van der Waals surface area contributed by atoms with E-state index in [4.69, 9.17) is 16.3 Å². The summed E-state index contributed by atoms with van der Waals surface area (Å²) >= 11 is 9.24. The number of halogens is 2. The highest BCUT2D eigenvalue weighted by atomic mass is 79.9. The van der Waals surface area contributed by atoms with E-state index in [9.17, 15) is 13.2 Å². The van der Waals surface area contributed by atoms with Crippen LogP contribution in [0.1, 0.15) is 5.56 Å². The van der Waals surface area contributed by atoms with E-state index in [2.05, 4.69) is 21.0 Å². The standard InChI is InChI=1S/C18H15BrClN3O4S/c1-27-18(24)9-12-8-13(19)2-7-17(12)23(28(25)26)16-10-21-22(11-16)15-5-3-14(20)4-6-15/h2-8,10-11,28H,9H2,1H3. The number of carbonyl (C=O) groups excluding carboxylic acids is 1. The average molecular weight is 485 g/mol. The Bertz CT molecular complexity index is 1070. The smallest absolute Gasteiger partial charge is 0.310 e. The molecule has 0 spiro atoms. The van der Waals surface area contributed by atoms with E-state index in [-0.39, 0.29) is 6.42 Å². The highest BCUT2D eigenvalue weighted by Gasteiger charge is 2.20. The first-order valence-electron chi connectivity index (χ1n) is 7.99. The van der Waals surface area contributed by atoms with Crippen molar-refractivity contribution in [1.29, 1.82) is 0 Å². The summed E-state index contributed by atoms with van der Waals surface area (Å²) in [6.07, 6.45) is 2.94. The van der Waals surface area contributed by atoms with Crippen molar-refractivity contribution in [3.8, 4) is 5.69 Å². The van der Waals surface area contributed by atoms with Crippen molar-refractivity contribution in [2.75, 3.05) is 11.4 Å². The summed E-state index contributed by atoms with van der Waals surface area (Å²) in [5.41, 5.74) is 1.90. The molecule has 0 fully saturated rings. The van der Waals surface area contributed by atoms with Crippen molar-refractivity contribution in [2.24, 2.45) is 0 Å². The average Bonchev–Trinajstić information content (AvgIpc) is 3.13. The lowest BCUT2D eigenvalue weighted by Gasteiger charge is -2.19. The van der Waals surface area contributed by atoms with Crippen molar-refractivity contribution < 1.29 is 17.9 Å². The molecule has 0 saturated heterocycles. The van der Waals surface area contributed by atoms with E-state index >= 15 is 0 Å². The molecule has 0 aliphatic carbocycles. The van der Waals surface area contributed by atoms with Crippen LogP contribution in [0.25, 0.3) is 5.69 Å². The fourth-order valence-electron chi connectivity index (χ4n) is 2.61. The molecule has 3 aromatic rings. The van der Waals surface area contributed by atoms with Crippen LogP contribution in [0.15, 0.2) is 59.3 Å².